The second kappa shape index (κ2) is 58.4. The van der Waals surface area contributed by atoms with Gasteiger partial charge in [-0.2, -0.15) is 0 Å². The van der Waals surface area contributed by atoms with Crippen LogP contribution in [0, 0.1) is 0 Å². The van der Waals surface area contributed by atoms with Crippen LogP contribution in [0.15, 0.2) is 0 Å². The standard InChI is InChI=1S/C73H144N2O16P4S/c1-6-75-72(76)64-71(73(75)77)96-63-53-47-46-52-58-85-93(3,79)89-66-70-67(54-61-83-70)90-94(4,80)86-59-50-44-41-39-37-35-33-31-29-27-25-23-21-19-17-15-13-11-9-7-8-10-12-14-16-18-20-22-24-26-28-30-32-34-36-38-40-43-49-57-84-92(2,78)88-65-69-68(55-62-82-69)91-95(5,81)87-60-51-45-42-48-56-74/h67-71,78-81H,2-66,74H2,1H3. The Morgan fingerprint density at radius 2 is 0.667 bits per heavy atom. The molecule has 0 radical (unpaired) electrons. The third-order valence-corrected chi connectivity index (χ3v) is 24.7. The summed E-state index contributed by atoms with van der Waals surface area (Å²) in [6.07, 6.45) is 74.1. The van der Waals surface area contributed by atoms with Gasteiger partial charge in [0.1, 0.15) is 12.2 Å². The van der Waals surface area contributed by atoms with Crippen LogP contribution in [0.25, 0.3) is 0 Å². The van der Waals surface area contributed by atoms with Crippen LogP contribution in [0.1, 0.15) is 328 Å². The van der Waals surface area contributed by atoms with Gasteiger partial charge in [0.05, 0.1) is 57.1 Å². The summed E-state index contributed by atoms with van der Waals surface area (Å²) < 4.78 is 57.2. The summed E-state index contributed by atoms with van der Waals surface area (Å²) in [5, 5.41) is -0.250. The molecule has 0 aromatic carbocycles. The quantitative estimate of drug-likeness (QED) is 0.0216. The number of rotatable bonds is 71. The van der Waals surface area contributed by atoms with Gasteiger partial charge in [0, 0.05) is 39.0 Å². The molecule has 3 aliphatic rings. The Morgan fingerprint density at radius 3 is 0.938 bits per heavy atom. The number of carbonyl (C=O) groups is 2. The van der Waals surface area contributed by atoms with Crippen molar-refractivity contribution in [3.8, 4) is 0 Å². The van der Waals surface area contributed by atoms with Gasteiger partial charge in [0.2, 0.25) is 42.1 Å². The van der Waals surface area contributed by atoms with Crippen LogP contribution in [0.5, 0.6) is 0 Å². The van der Waals surface area contributed by atoms with Crippen LogP contribution in [-0.4, -0.2) is 163 Å². The number of ether oxygens (including phenoxy) is 2. The van der Waals surface area contributed by atoms with E-state index in [9.17, 15) is 29.2 Å². The van der Waals surface area contributed by atoms with E-state index in [1.54, 1.807) is 11.8 Å². The fraction of sp³-hybridized carbons (Fsp3) is 0.918. The third kappa shape index (κ3) is 48.9. The first-order chi connectivity index (χ1) is 46.5. The molecule has 6 N–H and O–H groups in total. The number of carbonyl (C=O) groups excluding carboxylic acids is 2. The molecular weight excluding hydrogens is 1320 g/mol. The monoisotopic (exact) mass is 1460 g/mol. The molecule has 2 amide bonds. The van der Waals surface area contributed by atoms with E-state index in [0.29, 0.717) is 72.0 Å². The van der Waals surface area contributed by atoms with Gasteiger partial charge >= 0.3 is 0 Å². The Balaban J connectivity index is 0.943. The van der Waals surface area contributed by atoms with Gasteiger partial charge in [0.15, 0.2) is 0 Å². The van der Waals surface area contributed by atoms with Crippen molar-refractivity contribution in [3.63, 3.8) is 0 Å². The molecule has 3 aliphatic heterocycles. The molecule has 0 aromatic heterocycles. The van der Waals surface area contributed by atoms with E-state index < -0.39 is 54.7 Å². The lowest BCUT2D eigenvalue weighted by Crippen LogP contribution is -2.30. The Bertz CT molecular complexity index is 2100. The molecule has 9 unspecified atom stereocenters. The lowest BCUT2D eigenvalue weighted by molar-refractivity contribution is -0.137. The molecule has 3 heterocycles. The molecule has 3 rings (SSSR count). The molecule has 3 saturated heterocycles. The topological polar surface area (TPSA) is 237 Å². The van der Waals surface area contributed by atoms with Crippen LogP contribution in [0.2, 0.25) is 0 Å². The van der Waals surface area contributed by atoms with Gasteiger partial charge in [-0.25, -0.2) is 0 Å². The predicted molar refractivity (Wildman–Crippen MR) is 409 cm³/mol. The van der Waals surface area contributed by atoms with Gasteiger partial charge in [-0.3, -0.25) is 14.5 Å². The molecule has 3 fully saturated rings. The first-order valence-corrected chi connectivity index (χ1v) is 47.0. The van der Waals surface area contributed by atoms with Crippen molar-refractivity contribution in [1.82, 2.24) is 4.90 Å². The molecule has 96 heavy (non-hydrogen) atoms. The summed E-state index contributed by atoms with van der Waals surface area (Å²) >= 11 is 1.56. The fourth-order valence-electron chi connectivity index (χ4n) is 12.8. The number of hydrogen-bond acceptors (Lipinski definition) is 18. The minimum Gasteiger partial charge on any atom is -0.373 e. The number of imide groups is 1. The number of hydrogen-bond donors (Lipinski definition) is 5. The minimum atomic E-state index is -3.31. The van der Waals surface area contributed by atoms with Crippen molar-refractivity contribution in [1.29, 1.82) is 0 Å². The van der Waals surface area contributed by atoms with Crippen LogP contribution >= 0.6 is 42.0 Å². The molecule has 0 aromatic rings. The van der Waals surface area contributed by atoms with E-state index in [-0.39, 0.29) is 30.3 Å². The van der Waals surface area contributed by atoms with Crippen LogP contribution in [-0.2, 0) is 55.3 Å². The molecule has 568 valence electrons. The zero-order valence-corrected chi connectivity index (χ0v) is 65.2. The first-order valence-electron chi connectivity index (χ1n) is 38.9. The van der Waals surface area contributed by atoms with Crippen molar-refractivity contribution in [2.75, 3.05) is 71.7 Å². The van der Waals surface area contributed by atoms with Crippen molar-refractivity contribution in [2.24, 2.45) is 5.73 Å². The summed E-state index contributed by atoms with van der Waals surface area (Å²) in [4.78, 5) is 68.3. The van der Waals surface area contributed by atoms with Crippen molar-refractivity contribution >= 4 is 79.0 Å². The van der Waals surface area contributed by atoms with E-state index in [2.05, 4.69) is 25.2 Å². The van der Waals surface area contributed by atoms with Crippen molar-refractivity contribution < 1.29 is 74.8 Å². The van der Waals surface area contributed by atoms with E-state index in [1.807, 2.05) is 6.92 Å². The summed E-state index contributed by atoms with van der Waals surface area (Å²) in [7, 11) is -13.1. The number of nitrogens with zero attached hydrogens (tertiary/aromatic N) is 1. The molecule has 9 atom stereocenters. The van der Waals surface area contributed by atoms with E-state index >= 15 is 0 Å². The lowest BCUT2D eigenvalue weighted by atomic mass is 10.0. The van der Waals surface area contributed by atoms with Gasteiger partial charge in [0.25, 0.3) is 0 Å². The highest BCUT2D eigenvalue weighted by molar-refractivity contribution is 8.00. The van der Waals surface area contributed by atoms with Crippen LogP contribution < -0.4 is 5.73 Å². The molecule has 0 aliphatic carbocycles. The Labute approximate surface area is 590 Å². The average Bonchev–Trinajstić information content (AvgIpc) is 1.72. The largest absolute Gasteiger partial charge is 0.373 e. The molecule has 0 bridgehead atoms. The highest BCUT2D eigenvalue weighted by atomic mass is 32.2. The highest BCUT2D eigenvalue weighted by Gasteiger charge is 2.38. The maximum atomic E-state index is 12.3. The maximum absolute atomic E-state index is 12.3. The number of thioether (sulfide) groups is 1. The molecule has 0 saturated carbocycles. The maximum Gasteiger partial charge on any atom is 0.248 e. The summed E-state index contributed by atoms with van der Waals surface area (Å²) in [5.74, 6) is 0.686. The first kappa shape index (κ1) is 90.3. The summed E-state index contributed by atoms with van der Waals surface area (Å²) in [5.41, 5.74) is 5.55. The Morgan fingerprint density at radius 1 is 0.406 bits per heavy atom. The minimum absolute atomic E-state index is 0.0272. The Kier molecular flexibility index (Phi) is 54.9. The van der Waals surface area contributed by atoms with Gasteiger partial charge in [-0.1, -0.05) is 263 Å². The normalized spacial score (nSPS) is 20.9. The van der Waals surface area contributed by atoms with Gasteiger partial charge < -0.3 is 71.0 Å². The summed E-state index contributed by atoms with van der Waals surface area (Å²) in [6.45, 7) is 5.48. The van der Waals surface area contributed by atoms with Crippen molar-refractivity contribution in [3.05, 3.63) is 0 Å². The SMILES string of the molecule is C=P(O)(OCCCCCCCCCCCCCCCCCCCCCCCCCCCCCCCCCCCCCCCCCOP(=C)(O)OC1CCOC1COP(=C)(O)OCCCCCCSC1CC(=O)N(CC)C1=O)OCC1OCCC1OP(=C)(O)OCCCCCCN. The second-order valence-corrected chi connectivity index (χ2v) is 36.0. The zero-order chi connectivity index (χ0) is 69.5. The van der Waals surface area contributed by atoms with E-state index in [1.165, 1.54) is 230 Å². The van der Waals surface area contributed by atoms with E-state index in [0.717, 1.165) is 82.8 Å². The number of likely N-dealkylation sites (tertiary alicyclic amines) is 1. The van der Waals surface area contributed by atoms with E-state index in [4.69, 9.17) is 51.4 Å². The lowest BCUT2D eigenvalue weighted by Gasteiger charge is -2.26. The average molecular weight is 1460 g/mol. The molecule has 23 heteroatoms. The summed E-state index contributed by atoms with van der Waals surface area (Å²) in [6, 6.07) is 0. The molecule has 0 spiro atoms. The Hall–Kier alpha value is 0.0900. The number of nitrogens with two attached hydrogens (primary N) is 1. The van der Waals surface area contributed by atoms with Crippen molar-refractivity contribution in [2.45, 2.75) is 358 Å². The van der Waals surface area contributed by atoms with Crippen LogP contribution in [0.3, 0.4) is 0 Å². The van der Waals surface area contributed by atoms with Crippen LogP contribution in [0.4, 0.5) is 0 Å². The second-order valence-electron chi connectivity index (χ2n) is 27.6. The number of unbranched alkanes of at least 4 members (excludes halogenated alkanes) is 44. The smallest absolute Gasteiger partial charge is 0.248 e. The predicted octanol–water partition coefficient (Wildman–Crippen LogP) is 19.4. The highest BCUT2D eigenvalue weighted by Crippen LogP contribution is 2.50. The number of amides is 2. The third-order valence-electron chi connectivity index (χ3n) is 18.7. The molecular formula is C73H144N2O16P4S. The zero-order valence-electron chi connectivity index (χ0n) is 60.8. The fourth-order valence-corrected chi connectivity index (χ4v) is 18.0. The molecule has 18 nitrogen and oxygen atoms in total. The van der Waals surface area contributed by atoms with Gasteiger partial charge in [-0.05, 0) is 82.9 Å². The van der Waals surface area contributed by atoms with Gasteiger partial charge in [-0.15, -0.1) is 11.8 Å².